The fourth-order valence-electron chi connectivity index (χ4n) is 2.91. The van der Waals surface area contributed by atoms with Crippen LogP contribution in [0.1, 0.15) is 35.9 Å². The highest BCUT2D eigenvalue weighted by Crippen LogP contribution is 2.20. The molecule has 1 saturated heterocycles. The summed E-state index contributed by atoms with van der Waals surface area (Å²) in [5.41, 5.74) is 2.18. The third-order valence-electron chi connectivity index (χ3n) is 4.08. The molecule has 0 spiro atoms. The number of carbonyl (C=O) groups is 1. The topological polar surface area (TPSA) is 49.3 Å². The van der Waals surface area contributed by atoms with E-state index in [4.69, 9.17) is 0 Å². The largest absolute Gasteiger partial charge is 0.341 e. The van der Waals surface area contributed by atoms with Crippen molar-refractivity contribution in [1.82, 2.24) is 9.97 Å². The summed E-state index contributed by atoms with van der Waals surface area (Å²) in [5.74, 6) is 0.597. The number of amides is 1. The molecular formula is C18H22N4O. The van der Waals surface area contributed by atoms with E-state index in [2.05, 4.69) is 14.9 Å². The second-order valence-electron chi connectivity index (χ2n) is 5.77. The molecule has 2 aromatic rings. The van der Waals surface area contributed by atoms with Crippen molar-refractivity contribution in [2.45, 2.75) is 26.7 Å². The predicted molar refractivity (Wildman–Crippen MR) is 92.0 cm³/mol. The number of rotatable bonds is 4. The zero-order chi connectivity index (χ0) is 16.2. The van der Waals surface area contributed by atoms with Gasteiger partial charge in [-0.2, -0.15) is 0 Å². The predicted octanol–water partition coefficient (Wildman–Crippen LogP) is 3.05. The first-order valence-electron chi connectivity index (χ1n) is 8.16. The van der Waals surface area contributed by atoms with Crippen molar-refractivity contribution in [3.05, 3.63) is 47.8 Å². The Morgan fingerprint density at radius 3 is 2.52 bits per heavy atom. The average Bonchev–Trinajstić information content (AvgIpc) is 3.10. The summed E-state index contributed by atoms with van der Waals surface area (Å²) in [6.07, 6.45) is 2.32. The molecule has 0 radical (unpaired) electrons. The zero-order valence-corrected chi connectivity index (χ0v) is 13.7. The lowest BCUT2D eigenvalue weighted by Gasteiger charge is -2.22. The van der Waals surface area contributed by atoms with Crippen LogP contribution in [0.3, 0.4) is 0 Å². The maximum Gasteiger partial charge on any atom is 0.277 e. The highest BCUT2D eigenvalue weighted by molar-refractivity contribution is 6.04. The molecule has 1 aliphatic heterocycles. The molecule has 2 heterocycles. The summed E-state index contributed by atoms with van der Waals surface area (Å²) in [6, 6.07) is 11.5. The van der Waals surface area contributed by atoms with Crippen molar-refractivity contribution in [3.8, 4) is 0 Å². The van der Waals surface area contributed by atoms with E-state index < -0.39 is 0 Å². The van der Waals surface area contributed by atoms with Crippen LogP contribution in [0, 0.1) is 6.92 Å². The van der Waals surface area contributed by atoms with Crippen LogP contribution in [0.25, 0.3) is 0 Å². The number of hydrogen-bond acceptors (Lipinski definition) is 4. The van der Waals surface area contributed by atoms with Gasteiger partial charge in [0.15, 0.2) is 0 Å². The molecule has 5 heteroatoms. The summed E-state index contributed by atoms with van der Waals surface area (Å²) in [4.78, 5) is 25.8. The highest BCUT2D eigenvalue weighted by atomic mass is 16.2. The Bertz CT molecular complexity index is 681. The average molecular weight is 310 g/mol. The van der Waals surface area contributed by atoms with Gasteiger partial charge in [-0.3, -0.25) is 4.79 Å². The van der Waals surface area contributed by atoms with E-state index in [0.29, 0.717) is 18.2 Å². The quantitative estimate of drug-likeness (QED) is 0.871. The number of carbonyl (C=O) groups excluding carboxylic acids is 1. The van der Waals surface area contributed by atoms with Crippen LogP contribution >= 0.6 is 0 Å². The summed E-state index contributed by atoms with van der Waals surface area (Å²) in [7, 11) is 0. The maximum atomic E-state index is 12.9. The number of anilines is 2. The molecule has 1 aliphatic rings. The fourth-order valence-corrected chi connectivity index (χ4v) is 2.91. The van der Waals surface area contributed by atoms with Gasteiger partial charge in [-0.1, -0.05) is 18.2 Å². The summed E-state index contributed by atoms with van der Waals surface area (Å²) in [5, 5.41) is 0. The van der Waals surface area contributed by atoms with Crippen LogP contribution in [0.5, 0.6) is 0 Å². The third-order valence-corrected chi connectivity index (χ3v) is 4.08. The molecule has 0 atom stereocenters. The maximum absolute atomic E-state index is 12.9. The molecule has 1 fully saturated rings. The number of aromatic nitrogens is 2. The Labute approximate surface area is 137 Å². The zero-order valence-electron chi connectivity index (χ0n) is 13.7. The Hall–Kier alpha value is -2.43. The lowest BCUT2D eigenvalue weighted by molar-refractivity contribution is 0.0983. The van der Waals surface area contributed by atoms with E-state index in [-0.39, 0.29) is 5.91 Å². The molecule has 120 valence electrons. The lowest BCUT2D eigenvalue weighted by atomic mass is 10.2. The number of hydrogen-bond donors (Lipinski definition) is 0. The molecule has 1 aromatic heterocycles. The van der Waals surface area contributed by atoms with Gasteiger partial charge in [-0.15, -0.1) is 0 Å². The molecule has 5 nitrogen and oxygen atoms in total. The van der Waals surface area contributed by atoms with E-state index >= 15 is 0 Å². The van der Waals surface area contributed by atoms with Crippen LogP contribution in [0.15, 0.2) is 36.4 Å². The van der Waals surface area contributed by atoms with Gasteiger partial charge in [-0.05, 0) is 44.9 Å². The van der Waals surface area contributed by atoms with Gasteiger partial charge in [0.1, 0.15) is 5.69 Å². The van der Waals surface area contributed by atoms with Crippen LogP contribution in [-0.4, -0.2) is 35.5 Å². The first-order valence-corrected chi connectivity index (χ1v) is 8.16. The number of para-hydroxylation sites is 1. The van der Waals surface area contributed by atoms with Crippen molar-refractivity contribution in [3.63, 3.8) is 0 Å². The lowest BCUT2D eigenvalue weighted by Crippen LogP contribution is -2.32. The molecule has 1 aromatic carbocycles. The minimum Gasteiger partial charge on any atom is -0.341 e. The molecule has 0 N–H and O–H groups in total. The summed E-state index contributed by atoms with van der Waals surface area (Å²) >= 11 is 0. The number of benzene rings is 1. The number of aryl methyl sites for hydroxylation is 1. The van der Waals surface area contributed by atoms with Crippen molar-refractivity contribution in [1.29, 1.82) is 0 Å². The normalized spacial score (nSPS) is 14.1. The first-order chi connectivity index (χ1) is 11.2. The fraction of sp³-hybridized carbons (Fsp3) is 0.389. The van der Waals surface area contributed by atoms with Crippen molar-refractivity contribution < 1.29 is 4.79 Å². The van der Waals surface area contributed by atoms with E-state index in [9.17, 15) is 4.79 Å². The van der Waals surface area contributed by atoms with E-state index in [1.54, 1.807) is 11.0 Å². The number of nitrogens with zero attached hydrogens (tertiary/aromatic N) is 4. The van der Waals surface area contributed by atoms with E-state index in [1.165, 1.54) is 0 Å². The second kappa shape index (κ2) is 6.77. The second-order valence-corrected chi connectivity index (χ2v) is 5.77. The minimum absolute atomic E-state index is 0.0790. The minimum atomic E-state index is -0.0790. The molecular weight excluding hydrogens is 288 g/mol. The smallest absolute Gasteiger partial charge is 0.277 e. The van der Waals surface area contributed by atoms with Crippen LogP contribution in [-0.2, 0) is 0 Å². The van der Waals surface area contributed by atoms with Gasteiger partial charge in [0.2, 0.25) is 5.95 Å². The molecule has 3 rings (SSSR count). The van der Waals surface area contributed by atoms with E-state index in [0.717, 1.165) is 37.3 Å². The van der Waals surface area contributed by atoms with Gasteiger partial charge >= 0.3 is 0 Å². The van der Waals surface area contributed by atoms with E-state index in [1.807, 2.05) is 44.2 Å². The Morgan fingerprint density at radius 1 is 1.17 bits per heavy atom. The molecule has 1 amide bonds. The van der Waals surface area contributed by atoms with Gasteiger partial charge in [-0.25, -0.2) is 9.97 Å². The molecule has 0 bridgehead atoms. The Kier molecular flexibility index (Phi) is 4.55. The van der Waals surface area contributed by atoms with Crippen LogP contribution in [0.4, 0.5) is 11.6 Å². The molecule has 23 heavy (non-hydrogen) atoms. The molecule has 0 unspecified atom stereocenters. The SMILES string of the molecule is CCN(C(=O)c1cc(C)nc(N2CCCC2)n1)c1ccccc1. The van der Waals surface area contributed by atoms with Crippen molar-refractivity contribution >= 4 is 17.5 Å². The monoisotopic (exact) mass is 310 g/mol. The summed E-state index contributed by atoms with van der Waals surface area (Å²) < 4.78 is 0. The van der Waals surface area contributed by atoms with Crippen molar-refractivity contribution in [2.24, 2.45) is 0 Å². The van der Waals surface area contributed by atoms with Gasteiger partial charge in [0, 0.05) is 31.0 Å². The first kappa shape index (κ1) is 15.5. The van der Waals surface area contributed by atoms with Gasteiger partial charge in [0.05, 0.1) is 0 Å². The van der Waals surface area contributed by atoms with Gasteiger partial charge < -0.3 is 9.80 Å². The highest BCUT2D eigenvalue weighted by Gasteiger charge is 2.21. The Balaban J connectivity index is 1.92. The summed E-state index contributed by atoms with van der Waals surface area (Å²) in [6.45, 7) is 6.42. The van der Waals surface area contributed by atoms with Gasteiger partial charge in [0.25, 0.3) is 5.91 Å². The van der Waals surface area contributed by atoms with Crippen LogP contribution < -0.4 is 9.80 Å². The van der Waals surface area contributed by atoms with Crippen molar-refractivity contribution in [2.75, 3.05) is 29.4 Å². The molecule has 0 saturated carbocycles. The Morgan fingerprint density at radius 2 is 1.87 bits per heavy atom. The standard InChI is InChI=1S/C18H22N4O/c1-3-22(15-9-5-4-6-10-15)17(23)16-13-14(2)19-18(20-16)21-11-7-8-12-21/h4-6,9-10,13H,3,7-8,11-12H2,1-2H3. The third kappa shape index (κ3) is 3.33. The molecule has 0 aliphatic carbocycles. The van der Waals surface area contributed by atoms with Crippen LogP contribution in [0.2, 0.25) is 0 Å².